The molecule has 2 N–H and O–H groups in total. The van der Waals surface area contributed by atoms with E-state index in [4.69, 9.17) is 5.11 Å². The standard InChI is InChI=1S/C22H38N2O3/c1-3-4-5-6-7-8-9-10-11-12-13-14-15-16-17-21(23-2)20-24(18-19-25)22(26)27/h7-8,10-11,13-14,19,21,23H,3-6,9,12,15-18,20H2,1-2H3,(H,26,27)/b8-7+,11-10+,14-13+. The zero-order chi connectivity index (χ0) is 20.2. The largest absolute Gasteiger partial charge is 0.465 e. The number of amides is 1. The number of nitrogens with zero attached hydrogens (tertiary/aromatic N) is 1. The zero-order valence-corrected chi connectivity index (χ0v) is 17.1. The van der Waals surface area contributed by atoms with E-state index in [1.807, 2.05) is 7.05 Å². The van der Waals surface area contributed by atoms with Crippen LogP contribution in [-0.2, 0) is 4.79 Å². The second-order valence-corrected chi connectivity index (χ2v) is 6.65. The fourth-order valence-electron chi connectivity index (χ4n) is 2.69. The van der Waals surface area contributed by atoms with E-state index in [0.29, 0.717) is 12.8 Å². The van der Waals surface area contributed by atoms with Crippen molar-refractivity contribution in [3.63, 3.8) is 0 Å². The minimum Gasteiger partial charge on any atom is -0.465 e. The molecule has 0 aromatic heterocycles. The van der Waals surface area contributed by atoms with Gasteiger partial charge in [-0.05, 0) is 52.0 Å². The molecule has 0 aliphatic carbocycles. The molecule has 27 heavy (non-hydrogen) atoms. The SMILES string of the molecule is CCCCC/C=C/C/C=C/C/C=C/CCCC(CN(CC=O)C(=O)O)NC. The van der Waals surface area contributed by atoms with Gasteiger partial charge < -0.3 is 15.2 Å². The van der Waals surface area contributed by atoms with Gasteiger partial charge in [0.05, 0.1) is 6.54 Å². The van der Waals surface area contributed by atoms with Crippen molar-refractivity contribution in [3.8, 4) is 0 Å². The van der Waals surface area contributed by atoms with Crippen LogP contribution < -0.4 is 5.32 Å². The van der Waals surface area contributed by atoms with E-state index in [1.165, 1.54) is 25.7 Å². The summed E-state index contributed by atoms with van der Waals surface area (Å²) in [6.07, 6.45) is 22.7. The molecule has 0 aromatic rings. The maximum Gasteiger partial charge on any atom is 0.407 e. The number of hydrogen-bond donors (Lipinski definition) is 2. The zero-order valence-electron chi connectivity index (χ0n) is 17.1. The first-order valence-corrected chi connectivity index (χ1v) is 10.2. The van der Waals surface area contributed by atoms with Crippen molar-refractivity contribution >= 4 is 12.4 Å². The fraction of sp³-hybridized carbons (Fsp3) is 0.636. The normalized spacial score (nSPS) is 13.0. The monoisotopic (exact) mass is 378 g/mol. The van der Waals surface area contributed by atoms with Gasteiger partial charge in [0.25, 0.3) is 0 Å². The first-order valence-electron chi connectivity index (χ1n) is 10.2. The summed E-state index contributed by atoms with van der Waals surface area (Å²) in [4.78, 5) is 22.7. The second kappa shape index (κ2) is 18.9. The smallest absolute Gasteiger partial charge is 0.407 e. The number of aldehydes is 1. The van der Waals surface area contributed by atoms with E-state index in [9.17, 15) is 9.59 Å². The number of likely N-dealkylation sites (N-methyl/N-ethyl adjacent to an activating group) is 1. The van der Waals surface area contributed by atoms with Crippen molar-refractivity contribution in [3.05, 3.63) is 36.5 Å². The molecule has 5 nitrogen and oxygen atoms in total. The molecular formula is C22H38N2O3. The highest BCUT2D eigenvalue weighted by atomic mass is 16.4. The van der Waals surface area contributed by atoms with Gasteiger partial charge in [-0.15, -0.1) is 0 Å². The molecule has 5 heteroatoms. The molecule has 1 amide bonds. The van der Waals surface area contributed by atoms with E-state index in [1.54, 1.807) is 0 Å². The maximum atomic E-state index is 11.1. The molecule has 0 aliphatic heterocycles. The number of rotatable bonds is 17. The summed E-state index contributed by atoms with van der Waals surface area (Å²) in [7, 11) is 1.82. The van der Waals surface area contributed by atoms with E-state index < -0.39 is 6.09 Å². The van der Waals surface area contributed by atoms with Crippen molar-refractivity contribution in [2.75, 3.05) is 20.1 Å². The van der Waals surface area contributed by atoms with Crippen molar-refractivity contribution in [1.82, 2.24) is 10.2 Å². The third-order valence-electron chi connectivity index (χ3n) is 4.36. The summed E-state index contributed by atoms with van der Waals surface area (Å²) in [5, 5.41) is 12.2. The average molecular weight is 379 g/mol. The van der Waals surface area contributed by atoms with Crippen LogP contribution in [0.1, 0.15) is 64.7 Å². The lowest BCUT2D eigenvalue weighted by Crippen LogP contribution is -2.42. The Balaban J connectivity index is 3.81. The Morgan fingerprint density at radius 2 is 1.59 bits per heavy atom. The van der Waals surface area contributed by atoms with Gasteiger partial charge in [-0.3, -0.25) is 4.90 Å². The predicted molar refractivity (Wildman–Crippen MR) is 113 cm³/mol. The van der Waals surface area contributed by atoms with Crippen LogP contribution >= 0.6 is 0 Å². The molecule has 0 heterocycles. The quantitative estimate of drug-likeness (QED) is 0.213. The highest BCUT2D eigenvalue weighted by molar-refractivity contribution is 5.69. The second-order valence-electron chi connectivity index (χ2n) is 6.65. The first kappa shape index (κ1) is 25.1. The summed E-state index contributed by atoms with van der Waals surface area (Å²) >= 11 is 0. The Hall–Kier alpha value is -1.88. The molecule has 1 atom stereocenters. The molecule has 0 aliphatic rings. The Morgan fingerprint density at radius 1 is 1.00 bits per heavy atom. The lowest BCUT2D eigenvalue weighted by atomic mass is 10.1. The van der Waals surface area contributed by atoms with E-state index in [-0.39, 0.29) is 12.6 Å². The summed E-state index contributed by atoms with van der Waals surface area (Å²) in [5.74, 6) is 0. The van der Waals surface area contributed by atoms with E-state index >= 15 is 0 Å². The van der Waals surface area contributed by atoms with Gasteiger partial charge in [-0.2, -0.15) is 0 Å². The van der Waals surface area contributed by atoms with E-state index in [0.717, 1.165) is 37.0 Å². The van der Waals surface area contributed by atoms with Crippen molar-refractivity contribution in [1.29, 1.82) is 0 Å². The predicted octanol–water partition coefficient (Wildman–Crippen LogP) is 4.95. The van der Waals surface area contributed by atoms with Crippen LogP contribution in [0, 0.1) is 0 Å². The van der Waals surface area contributed by atoms with Gasteiger partial charge >= 0.3 is 6.09 Å². The van der Waals surface area contributed by atoms with Crippen LogP contribution in [0.5, 0.6) is 0 Å². The number of carboxylic acid groups (broad SMARTS) is 1. The highest BCUT2D eigenvalue weighted by Gasteiger charge is 2.16. The number of nitrogens with one attached hydrogen (secondary N) is 1. The highest BCUT2D eigenvalue weighted by Crippen LogP contribution is 2.05. The molecule has 0 aromatic carbocycles. The molecule has 1 unspecified atom stereocenters. The summed E-state index contributed by atoms with van der Waals surface area (Å²) in [6.45, 7) is 2.48. The molecular weight excluding hydrogens is 340 g/mol. The number of carbonyl (C=O) groups is 2. The lowest BCUT2D eigenvalue weighted by Gasteiger charge is -2.23. The molecule has 0 radical (unpaired) electrons. The average Bonchev–Trinajstić information content (AvgIpc) is 2.66. The van der Waals surface area contributed by atoms with Gasteiger partial charge in [-0.25, -0.2) is 4.79 Å². The fourth-order valence-corrected chi connectivity index (χ4v) is 2.69. The number of carbonyl (C=O) groups excluding carboxylic acids is 1. The van der Waals surface area contributed by atoms with Crippen molar-refractivity contribution < 1.29 is 14.7 Å². The molecule has 0 fully saturated rings. The van der Waals surface area contributed by atoms with Crippen molar-refractivity contribution in [2.24, 2.45) is 0 Å². The summed E-state index contributed by atoms with van der Waals surface area (Å²) < 4.78 is 0. The minimum absolute atomic E-state index is 0.0680. The maximum absolute atomic E-state index is 11.1. The van der Waals surface area contributed by atoms with E-state index in [2.05, 4.69) is 48.7 Å². The molecule has 0 bridgehead atoms. The van der Waals surface area contributed by atoms with Crippen LogP contribution in [-0.4, -0.2) is 48.6 Å². The topological polar surface area (TPSA) is 69.6 Å². The molecule has 154 valence electrons. The Morgan fingerprint density at radius 3 is 2.11 bits per heavy atom. The van der Waals surface area contributed by atoms with Crippen LogP contribution in [0.4, 0.5) is 4.79 Å². The third-order valence-corrected chi connectivity index (χ3v) is 4.36. The molecule has 0 spiro atoms. The van der Waals surface area contributed by atoms with Gasteiger partial charge in [0, 0.05) is 12.6 Å². The Labute approximate surface area is 165 Å². The van der Waals surface area contributed by atoms with Gasteiger partial charge in [0.1, 0.15) is 6.29 Å². The summed E-state index contributed by atoms with van der Waals surface area (Å²) in [6, 6.07) is 0.0680. The Kier molecular flexibility index (Phi) is 17.6. The number of unbranched alkanes of at least 4 members (excludes halogenated alkanes) is 4. The van der Waals surface area contributed by atoms with Crippen LogP contribution in [0.2, 0.25) is 0 Å². The molecule has 0 rings (SSSR count). The summed E-state index contributed by atoms with van der Waals surface area (Å²) in [5.41, 5.74) is 0. The molecule has 0 saturated heterocycles. The van der Waals surface area contributed by atoms with Crippen LogP contribution in [0.25, 0.3) is 0 Å². The lowest BCUT2D eigenvalue weighted by molar-refractivity contribution is -0.108. The molecule has 0 saturated carbocycles. The number of hydrogen-bond acceptors (Lipinski definition) is 3. The minimum atomic E-state index is -1.05. The first-order chi connectivity index (χ1) is 13.2. The Bertz CT molecular complexity index is 458. The van der Waals surface area contributed by atoms with Crippen LogP contribution in [0.15, 0.2) is 36.5 Å². The van der Waals surface area contributed by atoms with Gasteiger partial charge in [-0.1, -0.05) is 56.2 Å². The van der Waals surface area contributed by atoms with Gasteiger partial charge in [0.2, 0.25) is 0 Å². The van der Waals surface area contributed by atoms with Crippen LogP contribution in [0.3, 0.4) is 0 Å². The van der Waals surface area contributed by atoms with Gasteiger partial charge in [0.15, 0.2) is 0 Å². The number of allylic oxidation sites excluding steroid dienone is 6. The van der Waals surface area contributed by atoms with Crippen molar-refractivity contribution in [2.45, 2.75) is 70.8 Å². The third kappa shape index (κ3) is 16.0.